The fourth-order valence-electron chi connectivity index (χ4n) is 3.10. The minimum absolute atomic E-state index is 0.286. The largest absolute Gasteiger partial charge is 0.334 e. The van der Waals surface area contributed by atoms with Crippen LogP contribution < -0.4 is 5.32 Å². The summed E-state index contributed by atoms with van der Waals surface area (Å²) in [6, 6.07) is 6.07. The molecule has 0 radical (unpaired) electrons. The summed E-state index contributed by atoms with van der Waals surface area (Å²) in [7, 11) is 0. The van der Waals surface area contributed by atoms with Crippen molar-refractivity contribution >= 4 is 17.5 Å². The molecular formula is C19H28N2O2. The lowest BCUT2D eigenvalue weighted by atomic mass is 9.92. The zero-order valence-corrected chi connectivity index (χ0v) is 14.7. The molecule has 1 saturated heterocycles. The number of nitrogens with zero attached hydrogens (tertiary/aromatic N) is 1. The number of rotatable bonds is 3. The summed E-state index contributed by atoms with van der Waals surface area (Å²) in [5.74, 6) is -0.344. The molecular weight excluding hydrogens is 288 g/mol. The molecule has 1 aliphatic rings. The van der Waals surface area contributed by atoms with Crippen LogP contribution in [0.25, 0.3) is 0 Å². The van der Waals surface area contributed by atoms with Crippen LogP contribution in [0.3, 0.4) is 0 Å². The Labute approximate surface area is 139 Å². The molecule has 4 nitrogen and oxygen atoms in total. The number of benzene rings is 1. The van der Waals surface area contributed by atoms with Crippen LogP contribution in [0.15, 0.2) is 18.2 Å². The van der Waals surface area contributed by atoms with Crippen LogP contribution in [0.4, 0.5) is 5.69 Å². The third-order valence-corrected chi connectivity index (χ3v) is 4.45. The second-order valence-corrected chi connectivity index (χ2v) is 6.93. The van der Waals surface area contributed by atoms with Crippen LogP contribution in [0.1, 0.15) is 69.9 Å². The smallest absolute Gasteiger partial charge is 0.313 e. The molecule has 0 unspecified atom stereocenters. The Bertz CT molecular complexity index is 546. The van der Waals surface area contributed by atoms with Gasteiger partial charge in [-0.25, -0.2) is 0 Å². The van der Waals surface area contributed by atoms with Gasteiger partial charge in [0.2, 0.25) is 0 Å². The Hall–Kier alpha value is -1.84. The van der Waals surface area contributed by atoms with Crippen LogP contribution in [0, 0.1) is 0 Å². The number of carbonyl (C=O) groups is 2. The van der Waals surface area contributed by atoms with Gasteiger partial charge in [-0.1, -0.05) is 45.9 Å². The summed E-state index contributed by atoms with van der Waals surface area (Å²) >= 11 is 0. The minimum atomic E-state index is -0.512. The number of para-hydroxylation sites is 1. The van der Waals surface area contributed by atoms with Crippen molar-refractivity contribution in [2.45, 2.75) is 58.8 Å². The molecule has 0 spiro atoms. The van der Waals surface area contributed by atoms with Gasteiger partial charge < -0.3 is 10.2 Å². The number of amides is 2. The van der Waals surface area contributed by atoms with E-state index in [0.717, 1.165) is 36.1 Å². The van der Waals surface area contributed by atoms with Gasteiger partial charge in [-0.2, -0.15) is 0 Å². The molecule has 0 atom stereocenters. The highest BCUT2D eigenvalue weighted by molar-refractivity contribution is 6.39. The minimum Gasteiger partial charge on any atom is -0.334 e. The Morgan fingerprint density at radius 2 is 1.48 bits per heavy atom. The first-order chi connectivity index (χ1) is 10.9. The molecule has 4 heteroatoms. The van der Waals surface area contributed by atoms with Crippen LogP contribution in [0.2, 0.25) is 0 Å². The molecule has 1 heterocycles. The van der Waals surface area contributed by atoms with E-state index < -0.39 is 11.8 Å². The van der Waals surface area contributed by atoms with Gasteiger partial charge in [-0.05, 0) is 42.2 Å². The number of hydrogen-bond donors (Lipinski definition) is 1. The summed E-state index contributed by atoms with van der Waals surface area (Å²) < 4.78 is 0. The normalized spacial score (nSPS) is 15.1. The number of piperidine rings is 1. The highest BCUT2D eigenvalue weighted by Gasteiger charge is 2.25. The molecule has 1 N–H and O–H groups in total. The quantitative estimate of drug-likeness (QED) is 0.860. The average molecular weight is 316 g/mol. The molecule has 2 rings (SSSR count). The van der Waals surface area contributed by atoms with E-state index in [4.69, 9.17) is 0 Å². The van der Waals surface area contributed by atoms with Crippen molar-refractivity contribution in [3.63, 3.8) is 0 Å². The zero-order chi connectivity index (χ0) is 17.0. The van der Waals surface area contributed by atoms with Gasteiger partial charge >= 0.3 is 11.8 Å². The van der Waals surface area contributed by atoms with Gasteiger partial charge in [0.25, 0.3) is 0 Å². The van der Waals surface area contributed by atoms with Gasteiger partial charge in [0.1, 0.15) is 0 Å². The molecule has 2 amide bonds. The first-order valence-electron chi connectivity index (χ1n) is 8.65. The second kappa shape index (κ2) is 7.62. The lowest BCUT2D eigenvalue weighted by molar-refractivity contribution is -0.143. The van der Waals surface area contributed by atoms with E-state index in [0.29, 0.717) is 13.1 Å². The van der Waals surface area contributed by atoms with E-state index in [1.165, 1.54) is 0 Å². The van der Waals surface area contributed by atoms with Crippen LogP contribution in [-0.2, 0) is 9.59 Å². The molecule has 0 aliphatic carbocycles. The Balaban J connectivity index is 2.23. The van der Waals surface area contributed by atoms with Crippen molar-refractivity contribution in [1.29, 1.82) is 0 Å². The topological polar surface area (TPSA) is 49.4 Å². The van der Waals surface area contributed by atoms with Gasteiger partial charge in [0.15, 0.2) is 0 Å². The van der Waals surface area contributed by atoms with Crippen molar-refractivity contribution in [1.82, 2.24) is 4.90 Å². The number of anilines is 1. The maximum Gasteiger partial charge on any atom is 0.313 e. The highest BCUT2D eigenvalue weighted by atomic mass is 16.2. The Morgan fingerprint density at radius 3 is 1.96 bits per heavy atom. The third kappa shape index (κ3) is 4.12. The monoisotopic (exact) mass is 316 g/mol. The first-order valence-corrected chi connectivity index (χ1v) is 8.65. The summed E-state index contributed by atoms with van der Waals surface area (Å²) in [4.78, 5) is 26.5. The maximum absolute atomic E-state index is 12.5. The predicted molar refractivity (Wildman–Crippen MR) is 93.7 cm³/mol. The van der Waals surface area contributed by atoms with E-state index in [1.54, 1.807) is 4.90 Å². The Morgan fingerprint density at radius 1 is 0.957 bits per heavy atom. The van der Waals surface area contributed by atoms with Crippen molar-refractivity contribution < 1.29 is 9.59 Å². The number of hydrogen-bond acceptors (Lipinski definition) is 2. The number of likely N-dealkylation sites (tertiary alicyclic amines) is 1. The molecule has 1 aromatic rings. The summed E-state index contributed by atoms with van der Waals surface area (Å²) in [5.41, 5.74) is 2.97. The highest BCUT2D eigenvalue weighted by Crippen LogP contribution is 2.32. The maximum atomic E-state index is 12.5. The second-order valence-electron chi connectivity index (χ2n) is 6.93. The third-order valence-electron chi connectivity index (χ3n) is 4.45. The van der Waals surface area contributed by atoms with Crippen molar-refractivity contribution in [2.75, 3.05) is 18.4 Å². The lowest BCUT2D eigenvalue weighted by Crippen LogP contribution is -2.42. The van der Waals surface area contributed by atoms with E-state index in [1.807, 2.05) is 18.2 Å². The van der Waals surface area contributed by atoms with Crippen molar-refractivity contribution in [2.24, 2.45) is 0 Å². The van der Waals surface area contributed by atoms with E-state index in [-0.39, 0.29) is 11.8 Å². The summed E-state index contributed by atoms with van der Waals surface area (Å²) in [6.45, 7) is 9.77. The lowest BCUT2D eigenvalue weighted by Gasteiger charge is -2.27. The molecule has 126 valence electrons. The van der Waals surface area contributed by atoms with E-state index >= 15 is 0 Å². The zero-order valence-electron chi connectivity index (χ0n) is 14.7. The first kappa shape index (κ1) is 17.5. The SMILES string of the molecule is CC(C)c1cccc(C(C)C)c1NC(=O)C(=O)N1CCCCC1. The summed E-state index contributed by atoms with van der Waals surface area (Å²) in [6.07, 6.45) is 3.11. The standard InChI is InChI=1S/C19H28N2O2/c1-13(2)15-9-8-10-16(14(3)4)17(15)20-18(22)19(23)21-11-6-5-7-12-21/h8-10,13-14H,5-7,11-12H2,1-4H3,(H,20,22). The molecule has 0 saturated carbocycles. The molecule has 0 aromatic heterocycles. The summed E-state index contributed by atoms with van der Waals surface area (Å²) in [5, 5.41) is 2.91. The molecule has 1 fully saturated rings. The van der Waals surface area contributed by atoms with Crippen LogP contribution in [-0.4, -0.2) is 29.8 Å². The van der Waals surface area contributed by atoms with Crippen molar-refractivity contribution in [3.05, 3.63) is 29.3 Å². The molecule has 23 heavy (non-hydrogen) atoms. The fraction of sp³-hybridized carbons (Fsp3) is 0.579. The van der Waals surface area contributed by atoms with E-state index in [2.05, 4.69) is 33.0 Å². The Kier molecular flexibility index (Phi) is 5.80. The molecule has 0 bridgehead atoms. The number of nitrogens with one attached hydrogen (secondary N) is 1. The van der Waals surface area contributed by atoms with Crippen LogP contribution in [0.5, 0.6) is 0 Å². The van der Waals surface area contributed by atoms with E-state index in [9.17, 15) is 9.59 Å². The van der Waals surface area contributed by atoms with Gasteiger partial charge in [-0.3, -0.25) is 9.59 Å². The van der Waals surface area contributed by atoms with Gasteiger partial charge in [0, 0.05) is 18.8 Å². The molecule has 1 aromatic carbocycles. The number of carbonyl (C=O) groups excluding carboxylic acids is 2. The predicted octanol–water partition coefficient (Wildman–Crippen LogP) is 3.88. The van der Waals surface area contributed by atoms with Gasteiger partial charge in [0.05, 0.1) is 0 Å². The van der Waals surface area contributed by atoms with Crippen molar-refractivity contribution in [3.8, 4) is 0 Å². The van der Waals surface area contributed by atoms with Gasteiger partial charge in [-0.15, -0.1) is 0 Å². The van der Waals surface area contributed by atoms with Crippen LogP contribution >= 0.6 is 0 Å². The average Bonchev–Trinajstić information content (AvgIpc) is 2.54. The molecule has 1 aliphatic heterocycles. The fourth-order valence-corrected chi connectivity index (χ4v) is 3.10.